The van der Waals surface area contributed by atoms with Crippen LogP contribution in [0.25, 0.3) is 27.4 Å². The summed E-state index contributed by atoms with van der Waals surface area (Å²) < 4.78 is 1.70. The van der Waals surface area contributed by atoms with Crippen LogP contribution in [0.1, 0.15) is 19.7 Å². The Morgan fingerprint density at radius 2 is 1.67 bits per heavy atom. The molecule has 0 saturated heterocycles. The molecule has 0 fully saturated rings. The van der Waals surface area contributed by atoms with Crippen molar-refractivity contribution in [2.24, 2.45) is 5.92 Å². The molecule has 2 amide bonds. The van der Waals surface area contributed by atoms with E-state index in [2.05, 4.69) is 25.2 Å². The van der Waals surface area contributed by atoms with Gasteiger partial charge in [-0.25, -0.2) is 9.78 Å². The van der Waals surface area contributed by atoms with Crippen molar-refractivity contribution in [3.8, 4) is 5.69 Å². The van der Waals surface area contributed by atoms with Crippen LogP contribution in [0.4, 0.5) is 10.5 Å². The van der Waals surface area contributed by atoms with E-state index in [1.165, 1.54) is 0 Å². The molecule has 1 heterocycles. The fourth-order valence-electron chi connectivity index (χ4n) is 4.76. The smallest absolute Gasteiger partial charge is 0.321 e. The molecule has 6 nitrogen and oxygen atoms in total. The second kappa shape index (κ2) is 11.7. The van der Waals surface area contributed by atoms with Gasteiger partial charge in [0.2, 0.25) is 0 Å². The van der Waals surface area contributed by atoms with E-state index in [-0.39, 0.29) is 17.5 Å². The van der Waals surface area contributed by atoms with Crippen LogP contribution < -0.4 is 10.9 Å². The predicted molar refractivity (Wildman–Crippen MR) is 162 cm³/mol. The van der Waals surface area contributed by atoms with Gasteiger partial charge in [-0.1, -0.05) is 56.3 Å². The first-order valence-electron chi connectivity index (χ1n) is 13.1. The fourth-order valence-corrected chi connectivity index (χ4v) is 5.17. The van der Waals surface area contributed by atoms with Crippen LogP contribution in [0.5, 0.6) is 0 Å². The third kappa shape index (κ3) is 5.99. The summed E-state index contributed by atoms with van der Waals surface area (Å²) in [6.45, 7) is 5.19. The highest BCUT2D eigenvalue weighted by Crippen LogP contribution is 2.21. The minimum absolute atomic E-state index is 0.111. The van der Waals surface area contributed by atoms with Gasteiger partial charge < -0.3 is 10.2 Å². The molecular weight excluding hydrogens is 504 g/mol. The maximum Gasteiger partial charge on any atom is 0.321 e. The van der Waals surface area contributed by atoms with Crippen LogP contribution in [-0.4, -0.2) is 39.8 Å². The van der Waals surface area contributed by atoms with Gasteiger partial charge >= 0.3 is 6.03 Å². The number of hydrogen-bond donors (Lipinski definition) is 1. The van der Waals surface area contributed by atoms with Crippen molar-refractivity contribution in [1.82, 2.24) is 14.5 Å². The van der Waals surface area contributed by atoms with Gasteiger partial charge in [0, 0.05) is 30.1 Å². The van der Waals surface area contributed by atoms with Gasteiger partial charge in [0.05, 0.1) is 16.6 Å². The normalized spacial score (nSPS) is 11.3. The molecule has 0 atom stereocenters. The van der Waals surface area contributed by atoms with E-state index in [0.717, 1.165) is 27.0 Å². The first-order chi connectivity index (χ1) is 18.9. The Hall–Kier alpha value is -4.10. The molecule has 1 aromatic heterocycles. The lowest BCUT2D eigenvalue weighted by atomic mass is 10.1. The van der Waals surface area contributed by atoms with Crippen LogP contribution in [-0.2, 0) is 6.42 Å². The first kappa shape index (κ1) is 26.5. The van der Waals surface area contributed by atoms with Gasteiger partial charge in [0.25, 0.3) is 5.56 Å². The number of rotatable bonds is 8. The third-order valence-electron chi connectivity index (χ3n) is 6.66. The molecule has 7 heteroatoms. The Bertz CT molecular complexity index is 1680. The Balaban J connectivity index is 1.48. The summed E-state index contributed by atoms with van der Waals surface area (Å²) in [7, 11) is 0. The lowest BCUT2D eigenvalue weighted by Gasteiger charge is -2.25. The average Bonchev–Trinajstić information content (AvgIpc) is 2.95. The molecular formula is C32H32N4O2S. The molecule has 0 unspecified atom stereocenters. The molecule has 5 rings (SSSR count). The van der Waals surface area contributed by atoms with E-state index in [1.807, 2.05) is 91.2 Å². The number of nitrogens with zero attached hydrogens (tertiary/aromatic N) is 3. The van der Waals surface area contributed by atoms with Gasteiger partial charge in [-0.05, 0) is 71.5 Å². The number of carbonyl (C=O) groups excluding carboxylic acids is 1. The van der Waals surface area contributed by atoms with Crippen molar-refractivity contribution in [2.45, 2.75) is 25.2 Å². The summed E-state index contributed by atoms with van der Waals surface area (Å²) in [6.07, 6.45) is 2.45. The zero-order chi connectivity index (χ0) is 27.4. The zero-order valence-corrected chi connectivity index (χ0v) is 23.2. The van der Waals surface area contributed by atoms with Gasteiger partial charge in [0.15, 0.2) is 0 Å². The van der Waals surface area contributed by atoms with Gasteiger partial charge in [-0.2, -0.15) is 0 Å². The highest BCUT2D eigenvalue weighted by Gasteiger charge is 2.19. The monoisotopic (exact) mass is 536 g/mol. The predicted octanol–water partition coefficient (Wildman–Crippen LogP) is 6.99. The largest absolute Gasteiger partial charge is 0.324 e. The van der Waals surface area contributed by atoms with Gasteiger partial charge in [-0.3, -0.25) is 9.36 Å². The topological polar surface area (TPSA) is 67.2 Å². The first-order valence-corrected chi connectivity index (χ1v) is 14.4. The number of fused-ring (bicyclic) bond motifs is 2. The molecule has 0 aliphatic rings. The maximum absolute atomic E-state index is 13.8. The van der Waals surface area contributed by atoms with Crippen LogP contribution in [0, 0.1) is 5.92 Å². The number of nitrogens with one attached hydrogen (secondary N) is 1. The number of hydrogen-bond acceptors (Lipinski definition) is 4. The van der Waals surface area contributed by atoms with Crippen molar-refractivity contribution in [2.75, 3.05) is 24.7 Å². The highest BCUT2D eigenvalue weighted by atomic mass is 32.2. The molecule has 0 radical (unpaired) electrons. The summed E-state index contributed by atoms with van der Waals surface area (Å²) in [5.41, 5.74) is 2.06. The second-order valence-electron chi connectivity index (χ2n) is 9.97. The minimum atomic E-state index is -0.166. The van der Waals surface area contributed by atoms with Crippen molar-refractivity contribution in [3.05, 3.63) is 107 Å². The summed E-state index contributed by atoms with van der Waals surface area (Å²) >= 11 is 1.66. The number of urea groups is 1. The Morgan fingerprint density at radius 3 is 2.41 bits per heavy atom. The van der Waals surface area contributed by atoms with E-state index >= 15 is 0 Å². The highest BCUT2D eigenvalue weighted by molar-refractivity contribution is 7.98. The lowest BCUT2D eigenvalue weighted by molar-refractivity contribution is 0.205. The molecule has 0 bridgehead atoms. The molecule has 0 spiro atoms. The third-order valence-corrected chi connectivity index (χ3v) is 7.40. The van der Waals surface area contributed by atoms with Crippen LogP contribution in [0.3, 0.4) is 0 Å². The number of aromatic nitrogens is 2. The van der Waals surface area contributed by atoms with Crippen LogP contribution in [0.15, 0.2) is 101 Å². The molecule has 1 N–H and O–H groups in total. The van der Waals surface area contributed by atoms with E-state index in [0.29, 0.717) is 36.2 Å². The summed E-state index contributed by atoms with van der Waals surface area (Å²) in [5, 5.41) is 5.76. The maximum atomic E-state index is 13.8. The summed E-state index contributed by atoms with van der Waals surface area (Å²) in [4.78, 5) is 34.9. The Labute approximate surface area is 232 Å². The van der Waals surface area contributed by atoms with Crippen molar-refractivity contribution < 1.29 is 4.79 Å². The van der Waals surface area contributed by atoms with E-state index in [4.69, 9.17) is 4.98 Å². The number of para-hydroxylation sites is 1. The number of thioether (sulfide) groups is 1. The Morgan fingerprint density at radius 1 is 0.949 bits per heavy atom. The number of anilines is 1. The minimum Gasteiger partial charge on any atom is -0.324 e. The SMILES string of the molecule is CSc1ccc(NC(=O)N(CCc2nc3ccccc3c(=O)n2-c2ccc3ccccc3c2)CC(C)C)cc1. The van der Waals surface area contributed by atoms with Gasteiger partial charge in [-0.15, -0.1) is 11.8 Å². The molecule has 39 heavy (non-hydrogen) atoms. The molecule has 5 aromatic rings. The van der Waals surface area contributed by atoms with E-state index < -0.39 is 0 Å². The van der Waals surface area contributed by atoms with E-state index in [9.17, 15) is 9.59 Å². The van der Waals surface area contributed by atoms with Crippen LogP contribution in [0.2, 0.25) is 0 Å². The van der Waals surface area contributed by atoms with Crippen molar-refractivity contribution in [3.63, 3.8) is 0 Å². The number of carbonyl (C=O) groups is 1. The number of amides is 2. The Kier molecular flexibility index (Phi) is 7.98. The average molecular weight is 537 g/mol. The zero-order valence-electron chi connectivity index (χ0n) is 22.4. The molecule has 198 valence electrons. The van der Waals surface area contributed by atoms with E-state index in [1.54, 1.807) is 21.2 Å². The van der Waals surface area contributed by atoms with Crippen molar-refractivity contribution >= 4 is 45.2 Å². The second-order valence-corrected chi connectivity index (χ2v) is 10.8. The molecule has 0 aliphatic carbocycles. The van der Waals surface area contributed by atoms with Gasteiger partial charge in [0.1, 0.15) is 5.82 Å². The molecule has 4 aromatic carbocycles. The van der Waals surface area contributed by atoms with Crippen LogP contribution >= 0.6 is 11.8 Å². The molecule has 0 aliphatic heterocycles. The standard InChI is InChI=1S/C32H32N4O2S/c1-22(2)21-35(32(38)33-25-13-16-27(39-3)17-14-25)19-18-30-34-29-11-7-6-10-28(29)31(37)36(30)26-15-12-23-8-4-5-9-24(23)20-26/h4-17,20,22H,18-19,21H2,1-3H3,(H,33,38). The quantitative estimate of drug-likeness (QED) is 0.217. The number of benzene rings is 4. The lowest BCUT2D eigenvalue weighted by Crippen LogP contribution is -2.39. The summed E-state index contributed by atoms with van der Waals surface area (Å²) in [5.74, 6) is 0.904. The summed E-state index contributed by atoms with van der Waals surface area (Å²) in [6, 6.07) is 29.2. The molecule has 0 saturated carbocycles. The fraction of sp³-hybridized carbons (Fsp3) is 0.219. The van der Waals surface area contributed by atoms with Crippen molar-refractivity contribution in [1.29, 1.82) is 0 Å².